The van der Waals surface area contributed by atoms with Crippen LogP contribution in [-0.4, -0.2) is 27.4 Å². The maximum absolute atomic E-state index is 12.5. The number of carbonyl (C=O) groups is 1. The van der Waals surface area contributed by atoms with E-state index in [0.29, 0.717) is 23.7 Å². The molecule has 6 heteroatoms. The second-order valence-corrected chi connectivity index (χ2v) is 5.79. The summed E-state index contributed by atoms with van der Waals surface area (Å²) in [4.78, 5) is 18.1. The minimum absolute atomic E-state index is 0.0483. The maximum atomic E-state index is 12.5. The van der Waals surface area contributed by atoms with Crippen LogP contribution in [0.1, 0.15) is 30.1 Å². The van der Waals surface area contributed by atoms with E-state index in [4.69, 9.17) is 16.9 Å². The first-order valence-electron chi connectivity index (χ1n) is 7.57. The molecule has 0 radical (unpaired) electrons. The van der Waals surface area contributed by atoms with E-state index >= 15 is 0 Å². The number of pyridine rings is 1. The van der Waals surface area contributed by atoms with Gasteiger partial charge in [-0.3, -0.25) is 9.78 Å². The van der Waals surface area contributed by atoms with Crippen molar-refractivity contribution in [3.63, 3.8) is 0 Å². The molecule has 0 aliphatic carbocycles. The number of aromatic nitrogens is 1. The van der Waals surface area contributed by atoms with E-state index in [1.165, 1.54) is 0 Å². The van der Waals surface area contributed by atoms with Gasteiger partial charge >= 0.3 is 0 Å². The SMILES string of the molecule is N#CCCN(Cc1cccnc1)C(=O)CC(O)c1ccc(Cl)cc1. The number of benzene rings is 1. The Kier molecular flexibility index (Phi) is 6.74. The molecule has 24 heavy (non-hydrogen) atoms. The van der Waals surface area contributed by atoms with Crippen LogP contribution in [0, 0.1) is 11.3 Å². The van der Waals surface area contributed by atoms with E-state index in [-0.39, 0.29) is 18.7 Å². The van der Waals surface area contributed by atoms with E-state index in [2.05, 4.69) is 4.98 Å². The zero-order chi connectivity index (χ0) is 17.4. The van der Waals surface area contributed by atoms with Crippen LogP contribution in [0.4, 0.5) is 0 Å². The van der Waals surface area contributed by atoms with Crippen molar-refractivity contribution in [2.75, 3.05) is 6.54 Å². The Morgan fingerprint density at radius 2 is 2.08 bits per heavy atom. The number of hydrogen-bond donors (Lipinski definition) is 1. The highest BCUT2D eigenvalue weighted by Crippen LogP contribution is 2.20. The molecule has 1 unspecified atom stereocenters. The van der Waals surface area contributed by atoms with Gasteiger partial charge in [0.15, 0.2) is 0 Å². The molecule has 1 aromatic carbocycles. The topological polar surface area (TPSA) is 77.2 Å². The van der Waals surface area contributed by atoms with E-state index in [1.807, 2.05) is 12.1 Å². The van der Waals surface area contributed by atoms with Crippen molar-refractivity contribution in [1.82, 2.24) is 9.88 Å². The Hall–Kier alpha value is -2.42. The van der Waals surface area contributed by atoms with Crippen molar-refractivity contribution in [2.24, 2.45) is 0 Å². The summed E-state index contributed by atoms with van der Waals surface area (Å²) in [7, 11) is 0. The van der Waals surface area contributed by atoms with Gasteiger partial charge in [-0.05, 0) is 29.3 Å². The van der Waals surface area contributed by atoms with Gasteiger partial charge < -0.3 is 10.0 Å². The molecule has 1 atom stereocenters. The maximum Gasteiger partial charge on any atom is 0.225 e. The molecule has 1 amide bonds. The first-order valence-corrected chi connectivity index (χ1v) is 7.95. The van der Waals surface area contributed by atoms with Crippen LogP contribution in [0.3, 0.4) is 0 Å². The van der Waals surface area contributed by atoms with Crippen molar-refractivity contribution in [3.05, 3.63) is 64.9 Å². The Bertz CT molecular complexity index is 698. The molecule has 1 N–H and O–H groups in total. The van der Waals surface area contributed by atoms with Crippen LogP contribution in [0.2, 0.25) is 5.02 Å². The van der Waals surface area contributed by atoms with Gasteiger partial charge in [0, 0.05) is 30.5 Å². The summed E-state index contributed by atoms with van der Waals surface area (Å²) in [5, 5.41) is 19.6. The number of rotatable bonds is 7. The predicted molar refractivity (Wildman–Crippen MR) is 90.9 cm³/mol. The van der Waals surface area contributed by atoms with Gasteiger partial charge in [-0.2, -0.15) is 5.26 Å². The molecule has 0 bridgehead atoms. The Labute approximate surface area is 146 Å². The summed E-state index contributed by atoms with van der Waals surface area (Å²) < 4.78 is 0. The highest BCUT2D eigenvalue weighted by Gasteiger charge is 2.19. The van der Waals surface area contributed by atoms with Crippen LogP contribution in [0.15, 0.2) is 48.8 Å². The van der Waals surface area contributed by atoms with Gasteiger partial charge in [-0.25, -0.2) is 0 Å². The predicted octanol–water partition coefficient (Wildman–Crippen LogP) is 3.10. The second-order valence-electron chi connectivity index (χ2n) is 5.36. The van der Waals surface area contributed by atoms with Crippen molar-refractivity contribution in [1.29, 1.82) is 5.26 Å². The van der Waals surface area contributed by atoms with Crippen LogP contribution in [-0.2, 0) is 11.3 Å². The summed E-state index contributed by atoms with van der Waals surface area (Å²) in [6.07, 6.45) is 2.63. The highest BCUT2D eigenvalue weighted by molar-refractivity contribution is 6.30. The minimum Gasteiger partial charge on any atom is -0.388 e. The molecule has 0 spiro atoms. The van der Waals surface area contributed by atoms with E-state index in [1.54, 1.807) is 47.6 Å². The number of nitrogens with zero attached hydrogens (tertiary/aromatic N) is 3. The number of amides is 1. The summed E-state index contributed by atoms with van der Waals surface area (Å²) in [5.74, 6) is -0.212. The first kappa shape index (κ1) is 17.9. The fourth-order valence-corrected chi connectivity index (χ4v) is 2.41. The molecule has 0 aliphatic heterocycles. The minimum atomic E-state index is -0.909. The van der Waals surface area contributed by atoms with Crippen LogP contribution < -0.4 is 0 Å². The molecular formula is C18H18ClN3O2. The van der Waals surface area contributed by atoms with E-state index in [9.17, 15) is 9.90 Å². The third-order valence-electron chi connectivity index (χ3n) is 3.57. The lowest BCUT2D eigenvalue weighted by Gasteiger charge is -2.23. The number of aliphatic hydroxyl groups excluding tert-OH is 1. The zero-order valence-corrected chi connectivity index (χ0v) is 13.9. The third kappa shape index (κ3) is 5.34. The molecule has 0 fully saturated rings. The van der Waals surface area contributed by atoms with E-state index in [0.717, 1.165) is 5.56 Å². The summed E-state index contributed by atoms with van der Waals surface area (Å²) in [6.45, 7) is 0.680. The van der Waals surface area contributed by atoms with Gasteiger partial charge in [0.25, 0.3) is 0 Å². The molecule has 2 rings (SSSR count). The number of aliphatic hydroxyl groups is 1. The molecule has 0 saturated carbocycles. The number of carbonyl (C=O) groups excluding carboxylic acids is 1. The highest BCUT2D eigenvalue weighted by atomic mass is 35.5. The van der Waals surface area contributed by atoms with Crippen molar-refractivity contribution >= 4 is 17.5 Å². The fraction of sp³-hybridized carbons (Fsp3) is 0.278. The van der Waals surface area contributed by atoms with Crippen LogP contribution in [0.5, 0.6) is 0 Å². The van der Waals surface area contributed by atoms with Gasteiger partial charge in [-0.15, -0.1) is 0 Å². The zero-order valence-electron chi connectivity index (χ0n) is 13.1. The molecular weight excluding hydrogens is 326 g/mol. The molecule has 0 saturated heterocycles. The van der Waals surface area contributed by atoms with Gasteiger partial charge in [0.05, 0.1) is 25.0 Å². The van der Waals surface area contributed by atoms with E-state index < -0.39 is 6.10 Å². The lowest BCUT2D eigenvalue weighted by molar-refractivity contribution is -0.133. The lowest BCUT2D eigenvalue weighted by atomic mass is 10.1. The largest absolute Gasteiger partial charge is 0.388 e. The quantitative estimate of drug-likeness (QED) is 0.838. The molecule has 0 aliphatic rings. The standard InChI is InChI=1S/C18H18ClN3O2/c19-16-6-4-15(5-7-16)17(23)11-18(24)22(10-2-8-20)13-14-3-1-9-21-12-14/h1,3-7,9,12,17,23H,2,10-11,13H2. The number of hydrogen-bond acceptors (Lipinski definition) is 4. The van der Waals surface area contributed by atoms with Gasteiger partial charge in [-0.1, -0.05) is 29.8 Å². The fourth-order valence-electron chi connectivity index (χ4n) is 2.29. The van der Waals surface area contributed by atoms with Crippen LogP contribution >= 0.6 is 11.6 Å². The molecule has 124 valence electrons. The molecule has 2 aromatic rings. The summed E-state index contributed by atoms with van der Waals surface area (Å²) >= 11 is 5.83. The Morgan fingerprint density at radius 3 is 2.71 bits per heavy atom. The Morgan fingerprint density at radius 1 is 1.33 bits per heavy atom. The molecule has 5 nitrogen and oxygen atoms in total. The monoisotopic (exact) mass is 343 g/mol. The van der Waals surface area contributed by atoms with Crippen molar-refractivity contribution in [3.8, 4) is 6.07 Å². The van der Waals surface area contributed by atoms with Crippen molar-refractivity contribution in [2.45, 2.75) is 25.5 Å². The lowest BCUT2D eigenvalue weighted by Crippen LogP contribution is -2.32. The van der Waals surface area contributed by atoms with Crippen molar-refractivity contribution < 1.29 is 9.90 Å². The first-order chi connectivity index (χ1) is 11.6. The summed E-state index contributed by atoms with van der Waals surface area (Å²) in [5.41, 5.74) is 1.51. The average molecular weight is 344 g/mol. The average Bonchev–Trinajstić information content (AvgIpc) is 2.60. The van der Waals surface area contributed by atoms with Crippen LogP contribution in [0.25, 0.3) is 0 Å². The molecule has 1 heterocycles. The van der Waals surface area contributed by atoms with Gasteiger partial charge in [0.2, 0.25) is 5.91 Å². The van der Waals surface area contributed by atoms with Gasteiger partial charge in [0.1, 0.15) is 0 Å². The number of nitriles is 1. The Balaban J connectivity index is 2.03. The third-order valence-corrected chi connectivity index (χ3v) is 3.82. The number of halogens is 1. The smallest absolute Gasteiger partial charge is 0.225 e. The summed E-state index contributed by atoms with van der Waals surface area (Å²) in [6, 6.07) is 12.4. The normalized spacial score (nSPS) is 11.5. The second kappa shape index (κ2) is 9.02. The molecule has 1 aromatic heterocycles.